The lowest BCUT2D eigenvalue weighted by Gasteiger charge is -2.44. The summed E-state index contributed by atoms with van der Waals surface area (Å²) in [5.74, 6) is -2.81. The highest BCUT2D eigenvalue weighted by atomic mass is 16.7. The van der Waals surface area contributed by atoms with Gasteiger partial charge in [-0.3, -0.25) is 19.2 Å². The van der Waals surface area contributed by atoms with Gasteiger partial charge < -0.3 is 33.2 Å². The minimum absolute atomic E-state index is 0.0377. The quantitative estimate of drug-likeness (QED) is 0.0980. The minimum Gasteiger partial charge on any atom is -0.463 e. The third-order valence-electron chi connectivity index (χ3n) is 3.86. The molecule has 1 rings (SSSR count). The molecule has 14 heteroatoms. The van der Waals surface area contributed by atoms with E-state index in [0.717, 1.165) is 20.8 Å². The standard InChI is InChI=1S/C18H27N3O11/c1-10(22)28-9-14-15(29-11(2)23)16(30-12(3)24)17(31-13(4)25)18(32-14)27-8-7-26-6-5-20-21-19/h14-18H,5-9H2,1-4H3/t14-,15-,16+,17-,18-/m1/s1. The zero-order valence-electron chi connectivity index (χ0n) is 18.3. The van der Waals surface area contributed by atoms with E-state index in [2.05, 4.69) is 10.0 Å². The third-order valence-corrected chi connectivity index (χ3v) is 3.86. The Labute approximate surface area is 184 Å². The van der Waals surface area contributed by atoms with Crippen LogP contribution in [0.1, 0.15) is 27.7 Å². The molecule has 0 aromatic carbocycles. The number of ether oxygens (including phenoxy) is 7. The maximum atomic E-state index is 11.7. The first-order valence-corrected chi connectivity index (χ1v) is 9.66. The summed E-state index contributed by atoms with van der Waals surface area (Å²) in [5, 5.41) is 3.32. The van der Waals surface area contributed by atoms with E-state index in [1.807, 2.05) is 0 Å². The van der Waals surface area contributed by atoms with Crippen LogP contribution >= 0.6 is 0 Å². The van der Waals surface area contributed by atoms with Crippen LogP contribution in [0, 0.1) is 0 Å². The smallest absolute Gasteiger partial charge is 0.303 e. The van der Waals surface area contributed by atoms with Crippen LogP contribution in [0.2, 0.25) is 0 Å². The van der Waals surface area contributed by atoms with Gasteiger partial charge in [-0.2, -0.15) is 0 Å². The van der Waals surface area contributed by atoms with Crippen LogP contribution in [0.25, 0.3) is 10.4 Å². The molecule has 0 amide bonds. The number of azide groups is 1. The van der Waals surface area contributed by atoms with Gasteiger partial charge in [-0.15, -0.1) is 0 Å². The Kier molecular flexibility index (Phi) is 12.0. The monoisotopic (exact) mass is 461 g/mol. The van der Waals surface area contributed by atoms with E-state index in [1.165, 1.54) is 6.92 Å². The van der Waals surface area contributed by atoms with Crippen LogP contribution in [0.5, 0.6) is 0 Å². The number of rotatable bonds is 12. The highest BCUT2D eigenvalue weighted by Gasteiger charge is 2.52. The number of esters is 4. The summed E-state index contributed by atoms with van der Waals surface area (Å²) in [6.07, 6.45) is -6.20. The summed E-state index contributed by atoms with van der Waals surface area (Å²) in [7, 11) is 0. The van der Waals surface area contributed by atoms with Crippen LogP contribution in [-0.2, 0) is 52.3 Å². The van der Waals surface area contributed by atoms with Crippen molar-refractivity contribution < 1.29 is 52.3 Å². The van der Waals surface area contributed by atoms with Gasteiger partial charge >= 0.3 is 23.9 Å². The van der Waals surface area contributed by atoms with Crippen molar-refractivity contribution in [3.63, 3.8) is 0 Å². The molecule has 0 aromatic heterocycles. The second-order valence-electron chi connectivity index (χ2n) is 6.51. The van der Waals surface area contributed by atoms with Gasteiger partial charge in [-0.25, -0.2) is 0 Å². The molecular weight excluding hydrogens is 434 g/mol. The van der Waals surface area contributed by atoms with Crippen molar-refractivity contribution in [1.82, 2.24) is 0 Å². The summed E-state index contributed by atoms with van der Waals surface area (Å²) in [6, 6.07) is 0. The van der Waals surface area contributed by atoms with Gasteiger partial charge in [0.25, 0.3) is 0 Å². The predicted octanol–water partition coefficient (Wildman–Crippen LogP) is 0.413. The molecule has 14 nitrogen and oxygen atoms in total. The molecule has 0 N–H and O–H groups in total. The lowest BCUT2D eigenvalue weighted by atomic mass is 9.98. The summed E-state index contributed by atoms with van der Waals surface area (Å²) in [5.41, 5.74) is 8.23. The van der Waals surface area contributed by atoms with Crippen LogP contribution in [0.15, 0.2) is 5.11 Å². The molecular formula is C18H27N3O11. The number of hydrogen-bond acceptors (Lipinski definition) is 12. The predicted molar refractivity (Wildman–Crippen MR) is 103 cm³/mol. The average molecular weight is 461 g/mol. The highest BCUT2D eigenvalue weighted by molar-refractivity contribution is 5.68. The topological polar surface area (TPSA) is 182 Å². The number of hydrogen-bond donors (Lipinski definition) is 0. The molecule has 32 heavy (non-hydrogen) atoms. The first kappa shape index (κ1) is 27.1. The van der Waals surface area contributed by atoms with Crippen LogP contribution < -0.4 is 0 Å². The van der Waals surface area contributed by atoms with Crippen molar-refractivity contribution >= 4 is 23.9 Å². The third kappa shape index (κ3) is 9.92. The Morgan fingerprint density at radius 2 is 1.44 bits per heavy atom. The van der Waals surface area contributed by atoms with Crippen molar-refractivity contribution in [3.8, 4) is 0 Å². The van der Waals surface area contributed by atoms with Crippen LogP contribution in [0.3, 0.4) is 0 Å². The fraction of sp³-hybridized carbons (Fsp3) is 0.778. The SMILES string of the molecule is CC(=O)OC[C@H]1O[C@@H](OCCOCCN=[N+]=[N-])[C@H](OC(C)=O)[C@@H](OC(C)=O)[C@@H]1OC(C)=O. The Morgan fingerprint density at radius 1 is 0.844 bits per heavy atom. The molecule has 0 aromatic rings. The second-order valence-corrected chi connectivity index (χ2v) is 6.51. The van der Waals surface area contributed by atoms with Gasteiger partial charge in [0.05, 0.1) is 19.8 Å². The summed E-state index contributed by atoms with van der Waals surface area (Å²) in [4.78, 5) is 48.9. The van der Waals surface area contributed by atoms with Crippen LogP contribution in [-0.4, -0.2) is 87.6 Å². The van der Waals surface area contributed by atoms with E-state index in [1.54, 1.807) is 0 Å². The van der Waals surface area contributed by atoms with Crippen molar-refractivity contribution in [2.45, 2.75) is 58.4 Å². The second kappa shape index (κ2) is 14.2. The number of nitrogens with zero attached hydrogens (tertiary/aromatic N) is 3. The minimum atomic E-state index is -1.30. The van der Waals surface area contributed by atoms with Gasteiger partial charge in [0.2, 0.25) is 0 Å². The normalized spacial score (nSPS) is 24.6. The lowest BCUT2D eigenvalue weighted by Crippen LogP contribution is -2.63. The molecule has 1 aliphatic rings. The highest BCUT2D eigenvalue weighted by Crippen LogP contribution is 2.29. The van der Waals surface area contributed by atoms with Crippen molar-refractivity contribution in [1.29, 1.82) is 0 Å². The molecule has 1 heterocycles. The Balaban J connectivity index is 3.05. The maximum Gasteiger partial charge on any atom is 0.303 e. The van der Waals surface area contributed by atoms with Crippen molar-refractivity contribution in [3.05, 3.63) is 10.4 Å². The molecule has 1 aliphatic heterocycles. The summed E-state index contributed by atoms with van der Waals surface area (Å²) in [6.45, 7) is 4.55. The number of carbonyl (C=O) groups is 4. The largest absolute Gasteiger partial charge is 0.463 e. The van der Waals surface area contributed by atoms with Gasteiger partial charge in [0, 0.05) is 39.2 Å². The first-order chi connectivity index (χ1) is 15.1. The van der Waals surface area contributed by atoms with E-state index < -0.39 is 54.6 Å². The zero-order chi connectivity index (χ0) is 24.1. The fourth-order valence-corrected chi connectivity index (χ4v) is 2.80. The fourth-order valence-electron chi connectivity index (χ4n) is 2.80. The first-order valence-electron chi connectivity index (χ1n) is 9.66. The van der Waals surface area contributed by atoms with E-state index in [4.69, 9.17) is 38.7 Å². The van der Waals surface area contributed by atoms with E-state index in [9.17, 15) is 19.2 Å². The Hall–Kier alpha value is -2.93. The van der Waals surface area contributed by atoms with Gasteiger partial charge in [-0.1, -0.05) is 5.11 Å². The molecule has 1 saturated heterocycles. The van der Waals surface area contributed by atoms with Crippen LogP contribution in [0.4, 0.5) is 0 Å². The molecule has 0 aliphatic carbocycles. The zero-order valence-corrected chi connectivity index (χ0v) is 18.3. The molecule has 0 spiro atoms. The molecule has 0 radical (unpaired) electrons. The molecule has 1 fully saturated rings. The van der Waals surface area contributed by atoms with E-state index in [-0.39, 0.29) is 33.0 Å². The molecule has 0 saturated carbocycles. The summed E-state index contributed by atoms with van der Waals surface area (Å²) >= 11 is 0. The molecule has 5 atom stereocenters. The van der Waals surface area contributed by atoms with Crippen molar-refractivity contribution in [2.24, 2.45) is 5.11 Å². The van der Waals surface area contributed by atoms with Gasteiger partial charge in [0.15, 0.2) is 24.6 Å². The van der Waals surface area contributed by atoms with E-state index >= 15 is 0 Å². The Bertz CT molecular complexity index is 710. The average Bonchev–Trinajstić information content (AvgIpc) is 2.68. The molecule has 180 valence electrons. The summed E-state index contributed by atoms with van der Waals surface area (Å²) < 4.78 is 37.3. The Morgan fingerprint density at radius 3 is 2.00 bits per heavy atom. The van der Waals surface area contributed by atoms with Crippen molar-refractivity contribution in [2.75, 3.05) is 33.0 Å². The molecule has 0 unspecified atom stereocenters. The van der Waals surface area contributed by atoms with Gasteiger partial charge in [0.1, 0.15) is 12.7 Å². The maximum absolute atomic E-state index is 11.7. The lowest BCUT2D eigenvalue weighted by molar-refractivity contribution is -0.309. The molecule has 0 bridgehead atoms. The van der Waals surface area contributed by atoms with Gasteiger partial charge in [-0.05, 0) is 5.53 Å². The number of carbonyl (C=O) groups excluding carboxylic acids is 4. The van der Waals surface area contributed by atoms with E-state index in [0.29, 0.717) is 0 Å².